The van der Waals surface area contributed by atoms with E-state index in [1.165, 1.54) is 0 Å². The van der Waals surface area contributed by atoms with Crippen LogP contribution in [0.25, 0.3) is 22.6 Å². The van der Waals surface area contributed by atoms with Gasteiger partial charge in [0.2, 0.25) is 0 Å². The molecule has 0 radical (unpaired) electrons. The van der Waals surface area contributed by atoms with Crippen molar-refractivity contribution >= 4 is 40.2 Å². The van der Waals surface area contributed by atoms with Crippen molar-refractivity contribution in [3.05, 3.63) is 40.6 Å². The van der Waals surface area contributed by atoms with E-state index in [9.17, 15) is 0 Å². The van der Waals surface area contributed by atoms with Crippen LogP contribution in [0.3, 0.4) is 0 Å². The molecular weight excluding hydrogens is 333 g/mol. The molecule has 3 aromatic rings. The number of hydrogen-bond acceptors (Lipinski definition) is 5. The summed E-state index contributed by atoms with van der Waals surface area (Å²) in [5.74, 6) is 1.21. The van der Waals surface area contributed by atoms with Crippen LogP contribution in [0.15, 0.2) is 30.3 Å². The second-order valence-electron chi connectivity index (χ2n) is 5.41. The van der Waals surface area contributed by atoms with Crippen LogP contribution < -0.4 is 4.90 Å². The standard InChI is InChI=1S/C16H13Cl2N5/c17-12-11-15(21-14(20-12)10-6-2-1-3-7-10)22-16(13(18)19-11)23-8-4-5-9-23/h1-3,6-7H,4-5,8-9H2. The zero-order valence-corrected chi connectivity index (χ0v) is 13.7. The minimum atomic E-state index is 0.260. The third-order valence-corrected chi connectivity index (χ3v) is 4.38. The molecular formula is C16H13Cl2N5. The minimum absolute atomic E-state index is 0.260. The Morgan fingerprint density at radius 1 is 0.826 bits per heavy atom. The minimum Gasteiger partial charge on any atom is -0.354 e. The molecule has 1 aromatic carbocycles. The Kier molecular flexibility index (Phi) is 3.75. The van der Waals surface area contributed by atoms with Crippen molar-refractivity contribution in [1.29, 1.82) is 0 Å². The van der Waals surface area contributed by atoms with E-state index in [4.69, 9.17) is 23.2 Å². The Bertz CT molecular complexity index is 863. The molecule has 0 unspecified atom stereocenters. The fraction of sp³-hybridized carbons (Fsp3) is 0.250. The highest BCUT2D eigenvalue weighted by atomic mass is 35.5. The van der Waals surface area contributed by atoms with E-state index in [1.54, 1.807) is 0 Å². The van der Waals surface area contributed by atoms with Crippen molar-refractivity contribution in [3.63, 3.8) is 0 Å². The van der Waals surface area contributed by atoms with Gasteiger partial charge in [-0.15, -0.1) is 0 Å². The molecule has 1 aliphatic rings. The monoisotopic (exact) mass is 345 g/mol. The van der Waals surface area contributed by atoms with Gasteiger partial charge in [-0.25, -0.2) is 19.9 Å². The summed E-state index contributed by atoms with van der Waals surface area (Å²) in [5, 5.41) is 0.605. The van der Waals surface area contributed by atoms with Crippen LogP contribution in [0.2, 0.25) is 10.3 Å². The van der Waals surface area contributed by atoms with E-state index in [1.807, 2.05) is 30.3 Å². The predicted octanol–water partition coefficient (Wildman–Crippen LogP) is 3.99. The van der Waals surface area contributed by atoms with E-state index < -0.39 is 0 Å². The average Bonchev–Trinajstić information content (AvgIpc) is 3.10. The fourth-order valence-electron chi connectivity index (χ4n) is 2.73. The highest BCUT2D eigenvalue weighted by Gasteiger charge is 2.20. The largest absolute Gasteiger partial charge is 0.354 e. The van der Waals surface area contributed by atoms with Gasteiger partial charge in [0.15, 0.2) is 27.6 Å². The van der Waals surface area contributed by atoms with Crippen LogP contribution in [0.5, 0.6) is 0 Å². The van der Waals surface area contributed by atoms with Gasteiger partial charge in [0.1, 0.15) is 5.52 Å². The number of fused-ring (bicyclic) bond motifs is 1. The maximum Gasteiger partial charge on any atom is 0.185 e. The SMILES string of the molecule is Clc1nc2c(Cl)nc(-c3ccccc3)nc2nc1N1CCCC1. The van der Waals surface area contributed by atoms with Crippen LogP contribution >= 0.6 is 23.2 Å². The first-order valence-electron chi connectivity index (χ1n) is 7.43. The molecule has 3 heterocycles. The Morgan fingerprint density at radius 2 is 1.57 bits per heavy atom. The molecule has 0 N–H and O–H groups in total. The first-order valence-corrected chi connectivity index (χ1v) is 8.19. The van der Waals surface area contributed by atoms with Crippen molar-refractivity contribution < 1.29 is 0 Å². The smallest absolute Gasteiger partial charge is 0.185 e. The van der Waals surface area contributed by atoms with E-state index in [0.717, 1.165) is 31.5 Å². The molecule has 0 bridgehead atoms. The van der Waals surface area contributed by atoms with Crippen molar-refractivity contribution in [2.24, 2.45) is 0 Å². The van der Waals surface area contributed by atoms with Gasteiger partial charge >= 0.3 is 0 Å². The predicted molar refractivity (Wildman–Crippen MR) is 92.0 cm³/mol. The molecule has 1 aliphatic heterocycles. The van der Waals surface area contributed by atoms with Gasteiger partial charge in [-0.05, 0) is 12.8 Å². The summed E-state index contributed by atoms with van der Waals surface area (Å²) in [6.07, 6.45) is 2.27. The molecule has 116 valence electrons. The van der Waals surface area contributed by atoms with Crippen LogP contribution in [-0.2, 0) is 0 Å². The molecule has 23 heavy (non-hydrogen) atoms. The number of hydrogen-bond donors (Lipinski definition) is 0. The van der Waals surface area contributed by atoms with Gasteiger partial charge in [-0.3, -0.25) is 0 Å². The van der Waals surface area contributed by atoms with Gasteiger partial charge in [0.25, 0.3) is 0 Å². The van der Waals surface area contributed by atoms with Crippen LogP contribution in [0.4, 0.5) is 5.82 Å². The van der Waals surface area contributed by atoms with Crippen molar-refractivity contribution in [2.75, 3.05) is 18.0 Å². The molecule has 1 fully saturated rings. The molecule has 5 nitrogen and oxygen atoms in total. The van der Waals surface area contributed by atoms with Crippen LogP contribution in [0.1, 0.15) is 12.8 Å². The fourth-order valence-corrected chi connectivity index (χ4v) is 3.18. The number of anilines is 1. The first-order chi connectivity index (χ1) is 11.2. The van der Waals surface area contributed by atoms with E-state index >= 15 is 0 Å². The lowest BCUT2D eigenvalue weighted by atomic mass is 10.2. The third kappa shape index (κ3) is 2.71. The molecule has 0 aliphatic carbocycles. The zero-order chi connectivity index (χ0) is 15.8. The van der Waals surface area contributed by atoms with Gasteiger partial charge in [0, 0.05) is 18.7 Å². The lowest BCUT2D eigenvalue weighted by Crippen LogP contribution is -2.20. The summed E-state index contributed by atoms with van der Waals surface area (Å²) in [6.45, 7) is 1.87. The number of rotatable bonds is 2. The molecule has 7 heteroatoms. The number of aromatic nitrogens is 4. The Balaban J connectivity index is 1.88. The Hall–Kier alpha value is -1.98. The molecule has 0 spiro atoms. The highest BCUT2D eigenvalue weighted by molar-refractivity contribution is 6.35. The quantitative estimate of drug-likeness (QED) is 0.657. The molecule has 0 saturated carbocycles. The van der Waals surface area contributed by atoms with Crippen LogP contribution in [0, 0.1) is 0 Å². The maximum absolute atomic E-state index is 6.28. The van der Waals surface area contributed by atoms with Gasteiger partial charge < -0.3 is 4.90 Å². The van der Waals surface area contributed by atoms with Gasteiger partial charge in [-0.1, -0.05) is 53.5 Å². The average molecular weight is 346 g/mol. The third-order valence-electron chi connectivity index (χ3n) is 3.87. The van der Waals surface area contributed by atoms with Gasteiger partial charge in [-0.2, -0.15) is 0 Å². The Labute approximate surface area is 143 Å². The summed E-state index contributed by atoms with van der Waals surface area (Å²) in [4.78, 5) is 19.9. The second-order valence-corrected chi connectivity index (χ2v) is 6.12. The normalized spacial score (nSPS) is 14.6. The van der Waals surface area contributed by atoms with Crippen LogP contribution in [-0.4, -0.2) is 33.0 Å². The summed E-state index contributed by atoms with van der Waals surface area (Å²) in [6, 6.07) is 9.67. The number of nitrogens with zero attached hydrogens (tertiary/aromatic N) is 5. The molecule has 2 aromatic heterocycles. The Morgan fingerprint density at radius 3 is 2.30 bits per heavy atom. The molecule has 0 atom stereocenters. The molecule has 0 amide bonds. The summed E-state index contributed by atoms with van der Waals surface area (Å²) in [5.41, 5.74) is 1.78. The lowest BCUT2D eigenvalue weighted by molar-refractivity contribution is 0.932. The van der Waals surface area contributed by atoms with Crippen molar-refractivity contribution in [2.45, 2.75) is 12.8 Å². The number of benzene rings is 1. The zero-order valence-electron chi connectivity index (χ0n) is 12.2. The second kappa shape index (κ2) is 5.91. The molecule has 1 saturated heterocycles. The summed E-state index contributed by atoms with van der Waals surface area (Å²) >= 11 is 12.6. The molecule has 4 rings (SSSR count). The topological polar surface area (TPSA) is 54.8 Å². The van der Waals surface area contributed by atoms with Gasteiger partial charge in [0.05, 0.1) is 0 Å². The maximum atomic E-state index is 6.28. The lowest BCUT2D eigenvalue weighted by Gasteiger charge is -2.17. The number of halogens is 2. The highest BCUT2D eigenvalue weighted by Crippen LogP contribution is 2.30. The van der Waals surface area contributed by atoms with Crippen molar-refractivity contribution in [3.8, 4) is 11.4 Å². The first kappa shape index (κ1) is 14.6. The van der Waals surface area contributed by atoms with Crippen molar-refractivity contribution in [1.82, 2.24) is 19.9 Å². The summed E-state index contributed by atoms with van der Waals surface area (Å²) in [7, 11) is 0. The summed E-state index contributed by atoms with van der Waals surface area (Å²) < 4.78 is 0. The van der Waals surface area contributed by atoms with E-state index in [-0.39, 0.29) is 5.15 Å². The van der Waals surface area contributed by atoms with E-state index in [2.05, 4.69) is 24.8 Å². The van der Waals surface area contributed by atoms with E-state index in [0.29, 0.717) is 28.0 Å².